The van der Waals surface area contributed by atoms with Gasteiger partial charge >= 0.3 is 0 Å². The lowest BCUT2D eigenvalue weighted by Crippen LogP contribution is -2.35. The Kier molecular flexibility index (Phi) is 4.39. The lowest BCUT2D eigenvalue weighted by molar-refractivity contribution is 0.0922. The molecule has 0 radical (unpaired) electrons. The van der Waals surface area contributed by atoms with Crippen LogP contribution in [0.4, 0.5) is 0 Å². The first-order chi connectivity index (χ1) is 7.04. The maximum Gasteiger partial charge on any atom is 0.253 e. The molecule has 0 fully saturated rings. The number of nitrogens with one attached hydrogen (secondary N) is 1. The number of aliphatic hydroxyl groups is 1. The molecule has 1 aromatic carbocycles. The fourth-order valence-corrected chi connectivity index (χ4v) is 1.39. The number of hydrogen-bond donors (Lipinski definition) is 2. The van der Waals surface area contributed by atoms with Crippen LogP contribution < -0.4 is 5.32 Å². The van der Waals surface area contributed by atoms with Gasteiger partial charge in [0.15, 0.2) is 0 Å². The maximum atomic E-state index is 11.6. The van der Waals surface area contributed by atoms with E-state index in [1.807, 2.05) is 0 Å². The Labute approximate surface area is 98.0 Å². The van der Waals surface area contributed by atoms with Crippen LogP contribution in [0.15, 0.2) is 18.2 Å². The Hall–Kier alpha value is -0.770. The Morgan fingerprint density at radius 2 is 2.20 bits per heavy atom. The lowest BCUT2D eigenvalue weighted by Gasteiger charge is -2.11. The first kappa shape index (κ1) is 12.3. The van der Waals surface area contributed by atoms with Gasteiger partial charge in [0.1, 0.15) is 0 Å². The molecule has 0 unspecified atom stereocenters. The van der Waals surface area contributed by atoms with Gasteiger partial charge < -0.3 is 10.4 Å². The van der Waals surface area contributed by atoms with Crippen molar-refractivity contribution in [1.82, 2.24) is 5.32 Å². The van der Waals surface area contributed by atoms with Crippen molar-refractivity contribution in [3.8, 4) is 0 Å². The molecule has 0 aliphatic rings. The summed E-state index contributed by atoms with van der Waals surface area (Å²) >= 11 is 11.6. The molecule has 5 heteroatoms. The number of rotatable bonds is 3. The van der Waals surface area contributed by atoms with E-state index < -0.39 is 0 Å². The minimum absolute atomic E-state index is 0.121. The smallest absolute Gasteiger partial charge is 0.253 e. The van der Waals surface area contributed by atoms with E-state index in [0.29, 0.717) is 15.6 Å². The van der Waals surface area contributed by atoms with Gasteiger partial charge in [-0.05, 0) is 25.1 Å². The molecule has 0 bridgehead atoms. The fraction of sp³-hybridized carbons (Fsp3) is 0.300. The highest BCUT2D eigenvalue weighted by Crippen LogP contribution is 2.20. The average Bonchev–Trinajstić information content (AvgIpc) is 2.21. The third-order valence-electron chi connectivity index (χ3n) is 1.82. The number of carbonyl (C=O) groups excluding carboxylic acids is 1. The van der Waals surface area contributed by atoms with Gasteiger partial charge in [0.25, 0.3) is 5.91 Å². The minimum atomic E-state index is -0.343. The van der Waals surface area contributed by atoms with Crippen molar-refractivity contribution < 1.29 is 9.90 Å². The Balaban J connectivity index is 2.86. The second kappa shape index (κ2) is 5.35. The molecule has 0 saturated carbocycles. The van der Waals surface area contributed by atoms with E-state index >= 15 is 0 Å². The molecule has 15 heavy (non-hydrogen) atoms. The molecule has 1 amide bonds. The van der Waals surface area contributed by atoms with Crippen molar-refractivity contribution in [3.63, 3.8) is 0 Å². The van der Waals surface area contributed by atoms with Crippen molar-refractivity contribution in [1.29, 1.82) is 0 Å². The topological polar surface area (TPSA) is 49.3 Å². The van der Waals surface area contributed by atoms with E-state index in [2.05, 4.69) is 5.32 Å². The van der Waals surface area contributed by atoms with Crippen LogP contribution in [0.1, 0.15) is 17.3 Å². The Morgan fingerprint density at radius 3 is 2.80 bits per heavy atom. The maximum absolute atomic E-state index is 11.6. The second-order valence-electron chi connectivity index (χ2n) is 3.18. The summed E-state index contributed by atoms with van der Waals surface area (Å²) in [5, 5.41) is 12.1. The van der Waals surface area contributed by atoms with Gasteiger partial charge in [0.05, 0.1) is 17.2 Å². The summed E-state index contributed by atoms with van der Waals surface area (Å²) in [5.74, 6) is -0.343. The monoisotopic (exact) mass is 247 g/mol. The molecule has 82 valence electrons. The standard InChI is InChI=1S/C10H11Cl2NO2/c1-6(5-14)13-10(15)8-4-7(11)2-3-9(8)12/h2-4,6,14H,5H2,1H3,(H,13,15)/t6-/m1/s1. The van der Waals surface area contributed by atoms with Gasteiger partial charge in [0, 0.05) is 11.1 Å². The number of amides is 1. The quantitative estimate of drug-likeness (QED) is 0.860. The highest BCUT2D eigenvalue weighted by atomic mass is 35.5. The zero-order chi connectivity index (χ0) is 11.4. The summed E-state index contributed by atoms with van der Waals surface area (Å²) in [6.45, 7) is 1.57. The van der Waals surface area contributed by atoms with Gasteiger partial charge in [-0.3, -0.25) is 4.79 Å². The van der Waals surface area contributed by atoms with Crippen molar-refractivity contribution >= 4 is 29.1 Å². The van der Waals surface area contributed by atoms with Gasteiger partial charge in [-0.2, -0.15) is 0 Å². The summed E-state index contributed by atoms with van der Waals surface area (Å²) in [4.78, 5) is 11.6. The predicted octanol–water partition coefficient (Wildman–Crippen LogP) is 2.10. The Bertz CT molecular complexity index is 368. The van der Waals surface area contributed by atoms with E-state index in [1.165, 1.54) is 6.07 Å². The van der Waals surface area contributed by atoms with Crippen LogP contribution in [0.3, 0.4) is 0 Å². The van der Waals surface area contributed by atoms with Crippen LogP contribution in [0.25, 0.3) is 0 Å². The van der Waals surface area contributed by atoms with E-state index in [-0.39, 0.29) is 18.6 Å². The van der Waals surface area contributed by atoms with E-state index in [9.17, 15) is 4.79 Å². The first-order valence-corrected chi connectivity index (χ1v) is 5.17. The van der Waals surface area contributed by atoms with Crippen LogP contribution in [-0.2, 0) is 0 Å². The molecule has 0 aliphatic carbocycles. The summed E-state index contributed by atoms with van der Waals surface area (Å²) < 4.78 is 0. The van der Waals surface area contributed by atoms with Crippen LogP contribution in [0.2, 0.25) is 10.0 Å². The van der Waals surface area contributed by atoms with Gasteiger partial charge in [-0.15, -0.1) is 0 Å². The molecule has 2 N–H and O–H groups in total. The van der Waals surface area contributed by atoms with Gasteiger partial charge in [0.2, 0.25) is 0 Å². The predicted molar refractivity (Wildman–Crippen MR) is 60.5 cm³/mol. The van der Waals surface area contributed by atoms with Crippen molar-refractivity contribution in [2.24, 2.45) is 0 Å². The molecular formula is C10H11Cl2NO2. The third-order valence-corrected chi connectivity index (χ3v) is 2.39. The fourth-order valence-electron chi connectivity index (χ4n) is 1.02. The van der Waals surface area contributed by atoms with Crippen LogP contribution in [-0.4, -0.2) is 23.7 Å². The van der Waals surface area contributed by atoms with Crippen molar-refractivity contribution in [3.05, 3.63) is 33.8 Å². The van der Waals surface area contributed by atoms with Gasteiger partial charge in [-0.1, -0.05) is 23.2 Å². The molecule has 1 aromatic rings. The molecule has 0 heterocycles. The highest BCUT2D eigenvalue weighted by Gasteiger charge is 2.12. The Morgan fingerprint density at radius 1 is 1.53 bits per heavy atom. The van der Waals surface area contributed by atoms with Gasteiger partial charge in [-0.25, -0.2) is 0 Å². The molecular weight excluding hydrogens is 237 g/mol. The van der Waals surface area contributed by atoms with E-state index in [0.717, 1.165) is 0 Å². The average molecular weight is 248 g/mol. The molecule has 0 aromatic heterocycles. The molecule has 3 nitrogen and oxygen atoms in total. The number of aliphatic hydroxyl groups excluding tert-OH is 1. The first-order valence-electron chi connectivity index (χ1n) is 4.41. The molecule has 1 atom stereocenters. The number of benzene rings is 1. The number of carbonyl (C=O) groups is 1. The largest absolute Gasteiger partial charge is 0.394 e. The van der Waals surface area contributed by atoms with Crippen LogP contribution >= 0.6 is 23.2 Å². The number of halogens is 2. The second-order valence-corrected chi connectivity index (χ2v) is 4.02. The molecule has 0 spiro atoms. The van der Waals surface area contributed by atoms with E-state index in [4.69, 9.17) is 28.3 Å². The zero-order valence-corrected chi connectivity index (χ0v) is 9.64. The van der Waals surface area contributed by atoms with Crippen molar-refractivity contribution in [2.75, 3.05) is 6.61 Å². The highest BCUT2D eigenvalue weighted by molar-refractivity contribution is 6.35. The summed E-state index contributed by atoms with van der Waals surface area (Å²) in [7, 11) is 0. The minimum Gasteiger partial charge on any atom is -0.394 e. The lowest BCUT2D eigenvalue weighted by atomic mass is 10.2. The van der Waals surface area contributed by atoms with Crippen LogP contribution in [0.5, 0.6) is 0 Å². The zero-order valence-electron chi connectivity index (χ0n) is 8.13. The summed E-state index contributed by atoms with van der Waals surface area (Å²) in [6.07, 6.45) is 0. The number of hydrogen-bond acceptors (Lipinski definition) is 2. The normalized spacial score (nSPS) is 12.3. The van der Waals surface area contributed by atoms with Crippen molar-refractivity contribution in [2.45, 2.75) is 13.0 Å². The summed E-state index contributed by atoms with van der Waals surface area (Å²) in [6, 6.07) is 4.34. The molecule has 1 rings (SSSR count). The van der Waals surface area contributed by atoms with Crippen LogP contribution in [0, 0.1) is 0 Å². The van der Waals surface area contributed by atoms with E-state index in [1.54, 1.807) is 19.1 Å². The SMILES string of the molecule is C[C@H](CO)NC(=O)c1cc(Cl)ccc1Cl. The summed E-state index contributed by atoms with van der Waals surface area (Å²) in [5.41, 5.74) is 0.310. The molecule has 0 saturated heterocycles. The molecule has 0 aliphatic heterocycles. The third kappa shape index (κ3) is 3.38.